The molecule has 4 N–H and O–H groups in total. The molecule has 0 aromatic heterocycles. The van der Waals surface area contributed by atoms with Crippen molar-refractivity contribution in [2.75, 3.05) is 0 Å². The molecule has 0 aliphatic rings. The number of phosphoric acid groups is 2. The summed E-state index contributed by atoms with van der Waals surface area (Å²) >= 11 is 0. The first-order valence-electron chi connectivity index (χ1n) is 1.53. The van der Waals surface area contributed by atoms with E-state index in [1.165, 1.54) is 0 Å². The summed E-state index contributed by atoms with van der Waals surface area (Å²) in [5.41, 5.74) is 0. The topological polar surface area (TPSA) is 124 Å². The van der Waals surface area contributed by atoms with Gasteiger partial charge in [-0.05, 0) is 0 Å². The van der Waals surface area contributed by atoms with Gasteiger partial charge >= 0.3 is 63.5 Å². The van der Waals surface area contributed by atoms with E-state index < -0.39 is 15.6 Å². The molecule has 0 bridgehead atoms. The molecular formula is H8O7P2Sn2. The van der Waals surface area contributed by atoms with Crippen LogP contribution in [0.2, 0.25) is 0 Å². The Hall–Kier alpha value is 1.86. The summed E-state index contributed by atoms with van der Waals surface area (Å²) in [6.07, 6.45) is 0. The SMILES string of the molecule is O=P(O)(O)OP(=O)(O)O.[SnH2].[SnH2]. The zero-order chi connectivity index (χ0) is 7.71. The average molecular weight is 419 g/mol. The van der Waals surface area contributed by atoms with Gasteiger partial charge in [-0.3, -0.25) is 0 Å². The molecule has 0 fully saturated rings. The molecule has 0 aliphatic heterocycles. The third kappa shape index (κ3) is 18.7. The Morgan fingerprint density at radius 2 is 1.00 bits per heavy atom. The molecule has 0 spiro atoms. The van der Waals surface area contributed by atoms with Crippen molar-refractivity contribution in [1.82, 2.24) is 0 Å². The van der Waals surface area contributed by atoms with Crippen LogP contribution in [0.1, 0.15) is 0 Å². The van der Waals surface area contributed by atoms with Gasteiger partial charge < -0.3 is 19.6 Å². The van der Waals surface area contributed by atoms with Crippen molar-refractivity contribution in [2.24, 2.45) is 0 Å². The van der Waals surface area contributed by atoms with Crippen molar-refractivity contribution in [1.29, 1.82) is 0 Å². The first kappa shape index (κ1) is 18.6. The zero-order valence-corrected chi connectivity index (χ0v) is 15.2. The summed E-state index contributed by atoms with van der Waals surface area (Å²) in [6.45, 7) is 0. The maximum atomic E-state index is 9.63. The van der Waals surface area contributed by atoms with Crippen molar-refractivity contribution >= 4 is 63.5 Å². The van der Waals surface area contributed by atoms with Crippen LogP contribution < -0.4 is 0 Å². The van der Waals surface area contributed by atoms with E-state index in [1.54, 1.807) is 0 Å². The second kappa shape index (κ2) is 6.33. The van der Waals surface area contributed by atoms with Gasteiger partial charge in [-0.15, -0.1) is 0 Å². The normalized spacial score (nSPS) is 11.3. The Labute approximate surface area is 95.9 Å². The molecule has 0 aliphatic carbocycles. The van der Waals surface area contributed by atoms with E-state index in [0.717, 1.165) is 0 Å². The summed E-state index contributed by atoms with van der Waals surface area (Å²) in [5.74, 6) is 0. The summed E-state index contributed by atoms with van der Waals surface area (Å²) in [5, 5.41) is 0. The third-order valence-corrected chi connectivity index (χ3v) is 1.91. The minimum absolute atomic E-state index is 0. The molecule has 0 amide bonds. The van der Waals surface area contributed by atoms with E-state index in [1.807, 2.05) is 0 Å². The van der Waals surface area contributed by atoms with Gasteiger partial charge in [-0.1, -0.05) is 0 Å². The van der Waals surface area contributed by atoms with Crippen LogP contribution in [-0.2, 0) is 13.4 Å². The van der Waals surface area contributed by atoms with E-state index >= 15 is 0 Å². The molecule has 0 saturated heterocycles. The number of hydrogen-bond acceptors (Lipinski definition) is 3. The van der Waals surface area contributed by atoms with Crippen molar-refractivity contribution in [2.45, 2.75) is 0 Å². The molecule has 11 heavy (non-hydrogen) atoms. The Balaban J connectivity index is -0.000000320. The second-order valence-electron chi connectivity index (χ2n) is 1.06. The monoisotopic (exact) mass is 422 g/mol. The molecule has 0 rings (SSSR count). The van der Waals surface area contributed by atoms with Crippen LogP contribution in [0.5, 0.6) is 0 Å². The van der Waals surface area contributed by atoms with Crippen LogP contribution in [0.3, 0.4) is 0 Å². The van der Waals surface area contributed by atoms with Crippen LogP contribution in [0.15, 0.2) is 0 Å². The number of rotatable bonds is 2. The average Bonchev–Trinajstić information content (AvgIpc) is 1.14. The molecule has 4 radical (unpaired) electrons. The fourth-order valence-electron chi connectivity index (χ4n) is 0.139. The van der Waals surface area contributed by atoms with Gasteiger partial charge in [-0.2, -0.15) is 4.31 Å². The van der Waals surface area contributed by atoms with Gasteiger partial charge in [0.25, 0.3) is 0 Å². The molecule has 68 valence electrons. The predicted molar refractivity (Wildman–Crippen MR) is 42.3 cm³/mol. The van der Waals surface area contributed by atoms with Crippen molar-refractivity contribution in [3.8, 4) is 0 Å². The van der Waals surface area contributed by atoms with E-state index in [-0.39, 0.29) is 47.8 Å². The summed E-state index contributed by atoms with van der Waals surface area (Å²) in [4.78, 5) is 31.0. The predicted octanol–water partition coefficient (Wildman–Crippen LogP) is -2.64. The summed E-state index contributed by atoms with van der Waals surface area (Å²) in [7, 11) is -10.1. The molecule has 0 aromatic rings. The maximum absolute atomic E-state index is 9.63. The molecule has 0 unspecified atom stereocenters. The van der Waals surface area contributed by atoms with E-state index in [9.17, 15) is 9.13 Å². The Bertz CT molecular complexity index is 155. The molecule has 0 atom stereocenters. The Morgan fingerprint density at radius 1 is 0.818 bits per heavy atom. The summed E-state index contributed by atoms with van der Waals surface area (Å²) < 4.78 is 22.2. The Morgan fingerprint density at radius 3 is 1.00 bits per heavy atom. The molecule has 11 heteroatoms. The molecule has 0 heterocycles. The van der Waals surface area contributed by atoms with Crippen molar-refractivity contribution < 1.29 is 33.0 Å². The van der Waals surface area contributed by atoms with E-state index in [0.29, 0.717) is 0 Å². The van der Waals surface area contributed by atoms with Crippen LogP contribution in [0, 0.1) is 0 Å². The fourth-order valence-corrected chi connectivity index (χ4v) is 1.25. The van der Waals surface area contributed by atoms with Crippen LogP contribution >= 0.6 is 15.6 Å². The van der Waals surface area contributed by atoms with Crippen molar-refractivity contribution in [3.05, 3.63) is 0 Å². The standard InChI is InChI=1S/H4O7P2.2Sn.4H/c1-8(2,3)7-9(4,5)6;;;;;;/h(H2,1,2,3)(H2,4,5,6);;;;;;. The molecular weight excluding hydrogens is 411 g/mol. The van der Waals surface area contributed by atoms with Gasteiger partial charge in [0.05, 0.1) is 0 Å². The molecule has 0 aromatic carbocycles. The Kier molecular flexibility index (Phi) is 10.7. The van der Waals surface area contributed by atoms with E-state index in [4.69, 9.17) is 19.6 Å². The first-order valence-corrected chi connectivity index (χ1v) is 4.59. The van der Waals surface area contributed by atoms with Gasteiger partial charge in [-0.25, -0.2) is 9.13 Å². The first-order chi connectivity index (χ1) is 3.71. The fraction of sp³-hybridized carbons (Fsp3) is 0. The van der Waals surface area contributed by atoms with Gasteiger partial charge in [0, 0.05) is 0 Å². The quantitative estimate of drug-likeness (QED) is 0.285. The minimum atomic E-state index is -5.05. The van der Waals surface area contributed by atoms with Crippen molar-refractivity contribution in [3.63, 3.8) is 0 Å². The zero-order valence-electron chi connectivity index (χ0n) is 5.32. The van der Waals surface area contributed by atoms with Crippen LogP contribution in [0.4, 0.5) is 0 Å². The van der Waals surface area contributed by atoms with Gasteiger partial charge in [0.1, 0.15) is 0 Å². The number of hydrogen-bond donors (Lipinski definition) is 4. The van der Waals surface area contributed by atoms with Crippen LogP contribution in [-0.4, -0.2) is 67.4 Å². The second-order valence-corrected chi connectivity index (χ2v) is 3.68. The van der Waals surface area contributed by atoms with Gasteiger partial charge in [0.15, 0.2) is 0 Å². The van der Waals surface area contributed by atoms with E-state index in [2.05, 4.69) is 4.31 Å². The third-order valence-electron chi connectivity index (χ3n) is 0.213. The van der Waals surface area contributed by atoms with Crippen LogP contribution in [0.25, 0.3) is 0 Å². The van der Waals surface area contributed by atoms with Gasteiger partial charge in [0.2, 0.25) is 0 Å². The molecule has 7 nitrogen and oxygen atoms in total. The summed E-state index contributed by atoms with van der Waals surface area (Å²) in [6, 6.07) is 0. The molecule has 0 saturated carbocycles.